The third-order valence-corrected chi connectivity index (χ3v) is 3.31. The van der Waals surface area contributed by atoms with Crippen LogP contribution in [0.4, 0.5) is 0 Å². The molecule has 2 aliphatic heterocycles. The standard InChI is InChI=1S/C14H18O4/c1-13-7-8-14(2,18-13)12(17-4)10(9-13)5-6-11(15)16-3/h5-9,12H,1-4H3/b6-5+/t12-,13+,14-/m1/s1. The minimum atomic E-state index is -0.492. The lowest BCUT2D eigenvalue weighted by Gasteiger charge is -2.40. The highest BCUT2D eigenvalue weighted by Crippen LogP contribution is 2.43. The molecule has 3 atom stereocenters. The van der Waals surface area contributed by atoms with Crippen LogP contribution in [0.15, 0.2) is 36.0 Å². The lowest BCUT2D eigenvalue weighted by molar-refractivity contribution is -0.135. The van der Waals surface area contributed by atoms with Gasteiger partial charge < -0.3 is 14.2 Å². The average molecular weight is 250 g/mol. The van der Waals surface area contributed by atoms with Crippen molar-refractivity contribution in [2.45, 2.75) is 31.2 Å². The fraction of sp³-hybridized carbons (Fsp3) is 0.500. The van der Waals surface area contributed by atoms with Gasteiger partial charge in [0.25, 0.3) is 0 Å². The molecule has 98 valence electrons. The highest BCUT2D eigenvalue weighted by molar-refractivity contribution is 5.82. The Kier molecular flexibility index (Phi) is 3.17. The van der Waals surface area contributed by atoms with Crippen LogP contribution in [-0.4, -0.2) is 37.5 Å². The molecule has 0 radical (unpaired) electrons. The van der Waals surface area contributed by atoms with E-state index in [-0.39, 0.29) is 12.1 Å². The number of carbonyl (C=O) groups is 1. The Hall–Kier alpha value is -1.39. The minimum Gasteiger partial charge on any atom is -0.466 e. The van der Waals surface area contributed by atoms with Gasteiger partial charge in [-0.05, 0) is 31.6 Å². The van der Waals surface area contributed by atoms with Crippen LogP contribution in [0.3, 0.4) is 0 Å². The first-order chi connectivity index (χ1) is 8.42. The number of hydrogen-bond donors (Lipinski definition) is 0. The first kappa shape index (κ1) is 13.1. The Morgan fingerprint density at radius 3 is 2.72 bits per heavy atom. The summed E-state index contributed by atoms with van der Waals surface area (Å²) in [5, 5.41) is 0. The number of methoxy groups -OCH3 is 2. The van der Waals surface area contributed by atoms with Crippen molar-refractivity contribution in [3.8, 4) is 0 Å². The monoisotopic (exact) mass is 250 g/mol. The summed E-state index contributed by atoms with van der Waals surface area (Å²) < 4.78 is 16.1. The number of esters is 1. The largest absolute Gasteiger partial charge is 0.466 e. The van der Waals surface area contributed by atoms with Gasteiger partial charge in [0.2, 0.25) is 0 Å². The average Bonchev–Trinajstić information content (AvgIpc) is 2.58. The van der Waals surface area contributed by atoms with Crippen molar-refractivity contribution in [2.24, 2.45) is 0 Å². The van der Waals surface area contributed by atoms with Gasteiger partial charge in [-0.2, -0.15) is 0 Å². The molecule has 0 aromatic carbocycles. The lowest BCUT2D eigenvalue weighted by Crippen LogP contribution is -2.47. The van der Waals surface area contributed by atoms with E-state index in [9.17, 15) is 4.79 Å². The minimum absolute atomic E-state index is 0.231. The maximum atomic E-state index is 11.2. The second-order valence-electron chi connectivity index (χ2n) is 4.92. The highest BCUT2D eigenvalue weighted by atomic mass is 16.6. The SMILES string of the molecule is COC(=O)/C=C/C1=C[C@]2(C)C=C[C@@](C)(O2)[C@@H]1OC. The summed E-state index contributed by atoms with van der Waals surface area (Å²) in [7, 11) is 2.99. The first-order valence-electron chi connectivity index (χ1n) is 5.84. The summed E-state index contributed by atoms with van der Waals surface area (Å²) in [5.41, 5.74) is -0.00249. The normalized spacial score (nSPS) is 38.0. The van der Waals surface area contributed by atoms with Gasteiger partial charge in [0.15, 0.2) is 0 Å². The Morgan fingerprint density at radius 2 is 2.11 bits per heavy atom. The van der Waals surface area contributed by atoms with Crippen LogP contribution in [0.2, 0.25) is 0 Å². The van der Waals surface area contributed by atoms with Gasteiger partial charge in [-0.1, -0.05) is 12.2 Å². The lowest BCUT2D eigenvalue weighted by atomic mass is 9.89. The molecule has 0 aliphatic carbocycles. The predicted molar refractivity (Wildman–Crippen MR) is 67.1 cm³/mol. The summed E-state index contributed by atoms with van der Waals surface area (Å²) in [5.74, 6) is -0.382. The van der Waals surface area contributed by atoms with Gasteiger partial charge in [0, 0.05) is 13.2 Å². The molecule has 0 aromatic rings. The van der Waals surface area contributed by atoms with E-state index >= 15 is 0 Å². The molecule has 2 rings (SSSR count). The van der Waals surface area contributed by atoms with E-state index in [2.05, 4.69) is 4.74 Å². The molecule has 0 unspecified atom stereocenters. The second kappa shape index (κ2) is 4.37. The van der Waals surface area contributed by atoms with Gasteiger partial charge in [-0.25, -0.2) is 4.79 Å². The molecule has 0 amide bonds. The molecule has 0 N–H and O–H groups in total. The highest BCUT2D eigenvalue weighted by Gasteiger charge is 2.48. The van der Waals surface area contributed by atoms with E-state index < -0.39 is 11.2 Å². The van der Waals surface area contributed by atoms with Crippen LogP contribution in [0.5, 0.6) is 0 Å². The molecule has 18 heavy (non-hydrogen) atoms. The fourth-order valence-corrected chi connectivity index (χ4v) is 2.57. The quantitative estimate of drug-likeness (QED) is 0.435. The number of fused-ring (bicyclic) bond motifs is 2. The van der Waals surface area contributed by atoms with Crippen molar-refractivity contribution < 1.29 is 19.0 Å². The Morgan fingerprint density at radius 1 is 1.39 bits per heavy atom. The van der Waals surface area contributed by atoms with Crippen LogP contribution in [0.1, 0.15) is 13.8 Å². The third-order valence-electron chi connectivity index (χ3n) is 3.31. The number of hydrogen-bond acceptors (Lipinski definition) is 4. The molecule has 2 aliphatic rings. The molecule has 0 fully saturated rings. The van der Waals surface area contributed by atoms with Crippen LogP contribution in [-0.2, 0) is 19.0 Å². The van der Waals surface area contributed by atoms with Gasteiger partial charge in [0.05, 0.1) is 7.11 Å². The van der Waals surface area contributed by atoms with Crippen molar-refractivity contribution in [1.82, 2.24) is 0 Å². The fourth-order valence-electron chi connectivity index (χ4n) is 2.57. The summed E-state index contributed by atoms with van der Waals surface area (Å²) in [6.07, 6.45) is 8.88. The van der Waals surface area contributed by atoms with E-state index in [0.717, 1.165) is 5.57 Å². The zero-order chi connectivity index (χ0) is 13.4. The maximum absolute atomic E-state index is 11.2. The Balaban J connectivity index is 2.32. The third kappa shape index (κ3) is 2.13. The second-order valence-corrected chi connectivity index (χ2v) is 4.92. The van der Waals surface area contributed by atoms with E-state index in [1.165, 1.54) is 13.2 Å². The molecule has 0 saturated heterocycles. The summed E-state index contributed by atoms with van der Waals surface area (Å²) in [6.45, 7) is 3.95. The molecular weight excluding hydrogens is 232 g/mol. The van der Waals surface area contributed by atoms with Crippen LogP contribution < -0.4 is 0 Å². The zero-order valence-electron chi connectivity index (χ0n) is 11.1. The van der Waals surface area contributed by atoms with Crippen molar-refractivity contribution in [3.05, 3.63) is 36.0 Å². The molecule has 4 nitrogen and oxygen atoms in total. The van der Waals surface area contributed by atoms with Crippen molar-refractivity contribution in [3.63, 3.8) is 0 Å². The van der Waals surface area contributed by atoms with E-state index in [1.807, 2.05) is 32.1 Å². The number of carbonyl (C=O) groups excluding carboxylic acids is 1. The summed E-state index contributed by atoms with van der Waals surface area (Å²) in [4.78, 5) is 11.2. The van der Waals surface area contributed by atoms with Crippen molar-refractivity contribution >= 4 is 5.97 Å². The van der Waals surface area contributed by atoms with Crippen LogP contribution in [0.25, 0.3) is 0 Å². The number of rotatable bonds is 3. The molecule has 2 bridgehead atoms. The Labute approximate surface area is 107 Å². The van der Waals surface area contributed by atoms with Gasteiger partial charge in [0.1, 0.15) is 17.3 Å². The molecule has 0 saturated carbocycles. The van der Waals surface area contributed by atoms with E-state index in [1.54, 1.807) is 13.2 Å². The summed E-state index contributed by atoms with van der Waals surface area (Å²) in [6, 6.07) is 0. The van der Waals surface area contributed by atoms with E-state index in [4.69, 9.17) is 9.47 Å². The van der Waals surface area contributed by atoms with E-state index in [0.29, 0.717) is 0 Å². The summed E-state index contributed by atoms with van der Waals surface area (Å²) >= 11 is 0. The maximum Gasteiger partial charge on any atom is 0.330 e. The Bertz CT molecular complexity index is 449. The van der Waals surface area contributed by atoms with Crippen molar-refractivity contribution in [2.75, 3.05) is 14.2 Å². The first-order valence-corrected chi connectivity index (χ1v) is 5.84. The van der Waals surface area contributed by atoms with Gasteiger partial charge >= 0.3 is 5.97 Å². The smallest absolute Gasteiger partial charge is 0.330 e. The molecular formula is C14H18O4. The molecule has 0 aromatic heterocycles. The van der Waals surface area contributed by atoms with Gasteiger partial charge in [-0.15, -0.1) is 0 Å². The number of ether oxygens (including phenoxy) is 3. The van der Waals surface area contributed by atoms with Crippen LogP contribution in [0, 0.1) is 0 Å². The molecule has 4 heteroatoms. The van der Waals surface area contributed by atoms with Gasteiger partial charge in [-0.3, -0.25) is 0 Å². The predicted octanol–water partition coefficient (Wildman–Crippen LogP) is 1.77. The zero-order valence-corrected chi connectivity index (χ0v) is 11.1. The molecule has 0 spiro atoms. The van der Waals surface area contributed by atoms with Crippen molar-refractivity contribution in [1.29, 1.82) is 0 Å². The van der Waals surface area contributed by atoms with Crippen LogP contribution >= 0.6 is 0 Å². The molecule has 2 heterocycles. The topological polar surface area (TPSA) is 44.8 Å².